The highest BCUT2D eigenvalue weighted by atomic mass is 32.1. The average Bonchev–Trinajstić information content (AvgIpc) is 3.18. The van der Waals surface area contributed by atoms with Crippen LogP contribution in [-0.4, -0.2) is 35.4 Å². The molecule has 158 valence electrons. The maximum Gasteiger partial charge on any atom is 0.280 e. The number of thiazole rings is 1. The van der Waals surface area contributed by atoms with Gasteiger partial charge in [-0.25, -0.2) is 4.98 Å². The largest absolute Gasteiger partial charge is 0.350 e. The van der Waals surface area contributed by atoms with Crippen LogP contribution in [0.3, 0.4) is 0 Å². The van der Waals surface area contributed by atoms with Gasteiger partial charge in [0, 0.05) is 23.5 Å². The van der Waals surface area contributed by atoms with E-state index < -0.39 is 0 Å². The Labute approximate surface area is 184 Å². The number of hydrogen-bond donors (Lipinski definition) is 1. The Kier molecular flexibility index (Phi) is 8.60. The topological polar surface area (TPSA) is 45.2 Å². The summed E-state index contributed by atoms with van der Waals surface area (Å²) in [6.45, 7) is 8.07. The predicted octanol–water partition coefficient (Wildman–Crippen LogP) is 5.54. The molecule has 30 heavy (non-hydrogen) atoms. The van der Waals surface area contributed by atoms with Crippen molar-refractivity contribution in [2.24, 2.45) is 0 Å². The Hall–Kier alpha value is -2.50. The minimum absolute atomic E-state index is 0.0652. The Morgan fingerprint density at radius 3 is 2.40 bits per heavy atom. The Morgan fingerprint density at radius 1 is 1.00 bits per heavy atom. The van der Waals surface area contributed by atoms with Gasteiger partial charge in [0.05, 0.1) is 5.69 Å². The van der Waals surface area contributed by atoms with Gasteiger partial charge in [0.15, 0.2) is 5.01 Å². The second kappa shape index (κ2) is 11.6. The molecule has 3 aromatic rings. The number of carbonyl (C=O) groups is 1. The number of amides is 1. The van der Waals surface area contributed by atoms with Crippen molar-refractivity contribution >= 4 is 17.2 Å². The number of hydrogen-bond acceptors (Lipinski definition) is 4. The molecular formula is C25H31N3OS. The number of nitrogens with zero attached hydrogens (tertiary/aromatic N) is 2. The molecule has 0 aliphatic carbocycles. The zero-order valence-corrected chi connectivity index (χ0v) is 18.8. The molecule has 0 radical (unpaired) electrons. The van der Waals surface area contributed by atoms with Gasteiger partial charge in [-0.3, -0.25) is 9.69 Å². The maximum atomic E-state index is 12.5. The van der Waals surface area contributed by atoms with Crippen LogP contribution < -0.4 is 5.32 Å². The molecule has 0 saturated heterocycles. The lowest BCUT2D eigenvalue weighted by Crippen LogP contribution is -2.25. The van der Waals surface area contributed by atoms with Crippen LogP contribution in [0.4, 0.5) is 0 Å². The van der Waals surface area contributed by atoms with Crippen molar-refractivity contribution in [3.05, 3.63) is 76.1 Å². The number of aromatic nitrogens is 1. The fourth-order valence-corrected chi connectivity index (χ4v) is 4.31. The van der Waals surface area contributed by atoms with Gasteiger partial charge in [0.25, 0.3) is 5.91 Å². The van der Waals surface area contributed by atoms with Crippen molar-refractivity contribution in [3.8, 4) is 11.3 Å². The van der Waals surface area contributed by atoms with E-state index in [0.717, 1.165) is 55.0 Å². The van der Waals surface area contributed by atoms with Gasteiger partial charge in [0.1, 0.15) is 0 Å². The van der Waals surface area contributed by atoms with Gasteiger partial charge >= 0.3 is 0 Å². The van der Waals surface area contributed by atoms with E-state index in [-0.39, 0.29) is 5.91 Å². The van der Waals surface area contributed by atoms with Crippen molar-refractivity contribution in [1.29, 1.82) is 0 Å². The van der Waals surface area contributed by atoms with Crippen LogP contribution in [0.25, 0.3) is 11.3 Å². The lowest BCUT2D eigenvalue weighted by molar-refractivity contribution is 0.0952. The molecular weight excluding hydrogens is 390 g/mol. The van der Waals surface area contributed by atoms with Gasteiger partial charge in [-0.15, -0.1) is 11.3 Å². The third-order valence-corrected chi connectivity index (χ3v) is 6.14. The predicted molar refractivity (Wildman–Crippen MR) is 126 cm³/mol. The number of benzene rings is 2. The molecule has 2 aromatic carbocycles. The normalized spacial score (nSPS) is 11.0. The third-order valence-electron chi connectivity index (χ3n) is 5.17. The van der Waals surface area contributed by atoms with Gasteiger partial charge in [-0.1, -0.05) is 74.0 Å². The van der Waals surface area contributed by atoms with E-state index in [0.29, 0.717) is 11.6 Å². The average molecular weight is 422 g/mol. The van der Waals surface area contributed by atoms with E-state index in [1.807, 2.05) is 37.3 Å². The first-order valence-corrected chi connectivity index (χ1v) is 11.6. The van der Waals surface area contributed by atoms with Crippen LogP contribution in [0.15, 0.2) is 60.7 Å². The molecule has 1 amide bonds. The van der Waals surface area contributed by atoms with E-state index in [4.69, 9.17) is 0 Å². The minimum Gasteiger partial charge on any atom is -0.350 e. The Morgan fingerprint density at radius 2 is 1.70 bits per heavy atom. The van der Waals surface area contributed by atoms with Crippen molar-refractivity contribution in [1.82, 2.24) is 15.2 Å². The standard InChI is InChI=1S/C25H31N3OS/c1-3-28(19-21-13-7-4-8-14-21)18-12-6-11-17-26-24(29)25-27-23(20(2)30-25)22-15-9-5-10-16-22/h4-5,7-10,13-16H,3,6,11-12,17-19H2,1-2H3,(H,26,29). The SMILES string of the molecule is CCN(CCCCCNC(=O)c1nc(-c2ccccc2)c(C)s1)Cc1ccccc1. The van der Waals surface area contributed by atoms with Crippen LogP contribution in [0.1, 0.15) is 46.4 Å². The molecule has 3 rings (SSSR count). The van der Waals surface area contributed by atoms with Crippen molar-refractivity contribution in [3.63, 3.8) is 0 Å². The Bertz CT molecular complexity index is 909. The first kappa shape index (κ1) is 22.2. The van der Waals surface area contributed by atoms with Crippen LogP contribution >= 0.6 is 11.3 Å². The quantitative estimate of drug-likeness (QED) is 0.413. The zero-order valence-electron chi connectivity index (χ0n) is 17.9. The number of rotatable bonds is 11. The van der Waals surface area contributed by atoms with E-state index in [1.54, 1.807) is 0 Å². The summed E-state index contributed by atoms with van der Waals surface area (Å²) in [5.74, 6) is -0.0652. The second-order valence-corrected chi connectivity index (χ2v) is 8.66. The highest BCUT2D eigenvalue weighted by molar-refractivity contribution is 7.14. The van der Waals surface area contributed by atoms with E-state index in [9.17, 15) is 4.79 Å². The van der Waals surface area contributed by atoms with E-state index >= 15 is 0 Å². The molecule has 1 heterocycles. The van der Waals surface area contributed by atoms with E-state index in [1.165, 1.54) is 16.9 Å². The second-order valence-electron chi connectivity index (χ2n) is 7.46. The monoisotopic (exact) mass is 421 g/mol. The molecule has 0 atom stereocenters. The van der Waals surface area contributed by atoms with Gasteiger partial charge in [-0.2, -0.15) is 0 Å². The zero-order chi connectivity index (χ0) is 21.2. The summed E-state index contributed by atoms with van der Waals surface area (Å²) in [7, 11) is 0. The van der Waals surface area contributed by atoms with Crippen molar-refractivity contribution in [2.45, 2.75) is 39.7 Å². The van der Waals surface area contributed by atoms with Crippen molar-refractivity contribution in [2.75, 3.05) is 19.6 Å². The lowest BCUT2D eigenvalue weighted by atomic mass is 10.1. The molecule has 5 heteroatoms. The molecule has 0 bridgehead atoms. The summed E-state index contributed by atoms with van der Waals surface area (Å²) in [5, 5.41) is 3.58. The molecule has 1 aromatic heterocycles. The molecule has 0 aliphatic rings. The Balaban J connectivity index is 1.37. The minimum atomic E-state index is -0.0652. The molecule has 0 aliphatic heterocycles. The molecule has 0 saturated carbocycles. The van der Waals surface area contributed by atoms with E-state index in [2.05, 4.69) is 52.5 Å². The highest BCUT2D eigenvalue weighted by Crippen LogP contribution is 2.27. The molecule has 4 nitrogen and oxygen atoms in total. The summed E-state index contributed by atoms with van der Waals surface area (Å²) >= 11 is 1.46. The van der Waals surface area contributed by atoms with Gasteiger partial charge in [-0.05, 0) is 38.4 Å². The fourth-order valence-electron chi connectivity index (χ4n) is 3.46. The molecule has 0 unspecified atom stereocenters. The molecule has 1 N–H and O–H groups in total. The smallest absolute Gasteiger partial charge is 0.280 e. The highest BCUT2D eigenvalue weighted by Gasteiger charge is 2.15. The third kappa shape index (κ3) is 6.51. The number of nitrogens with one attached hydrogen (secondary N) is 1. The van der Waals surface area contributed by atoms with Gasteiger partial charge in [0.2, 0.25) is 0 Å². The molecule has 0 spiro atoms. The fraction of sp³-hybridized carbons (Fsp3) is 0.360. The van der Waals surface area contributed by atoms with Crippen LogP contribution in [-0.2, 0) is 6.54 Å². The van der Waals surface area contributed by atoms with Crippen LogP contribution in [0.2, 0.25) is 0 Å². The first-order chi connectivity index (χ1) is 14.7. The van der Waals surface area contributed by atoms with Crippen LogP contribution in [0.5, 0.6) is 0 Å². The summed E-state index contributed by atoms with van der Waals surface area (Å²) in [4.78, 5) is 20.6. The lowest BCUT2D eigenvalue weighted by Gasteiger charge is -2.20. The number of aryl methyl sites for hydroxylation is 1. The maximum absolute atomic E-state index is 12.5. The summed E-state index contributed by atoms with van der Waals surface area (Å²) < 4.78 is 0. The number of unbranched alkanes of at least 4 members (excludes halogenated alkanes) is 2. The van der Waals surface area contributed by atoms with Crippen molar-refractivity contribution < 1.29 is 4.79 Å². The first-order valence-electron chi connectivity index (χ1n) is 10.7. The summed E-state index contributed by atoms with van der Waals surface area (Å²) in [5.41, 5.74) is 3.32. The van der Waals surface area contributed by atoms with Gasteiger partial charge < -0.3 is 5.32 Å². The summed E-state index contributed by atoms with van der Waals surface area (Å²) in [6, 6.07) is 20.6. The molecule has 0 fully saturated rings. The van der Waals surface area contributed by atoms with Crippen LogP contribution in [0, 0.1) is 6.92 Å². The summed E-state index contributed by atoms with van der Waals surface area (Å²) in [6.07, 6.45) is 3.24. The number of carbonyl (C=O) groups excluding carboxylic acids is 1.